The summed E-state index contributed by atoms with van der Waals surface area (Å²) in [5, 5.41) is 5.70. The summed E-state index contributed by atoms with van der Waals surface area (Å²) in [5.74, 6) is -0.137. The van der Waals surface area contributed by atoms with Crippen molar-refractivity contribution in [3.8, 4) is 0 Å². The molecule has 1 aromatic heterocycles. The fraction of sp³-hybridized carbons (Fsp3) is 0.250. The normalized spacial score (nSPS) is 15.4. The zero-order valence-corrected chi connectivity index (χ0v) is 19.3. The lowest BCUT2D eigenvalue weighted by atomic mass is 10.1. The monoisotopic (exact) mass is 484 g/mol. The first-order chi connectivity index (χ1) is 13.9. The van der Waals surface area contributed by atoms with Gasteiger partial charge in [0.05, 0.1) is 15.6 Å². The minimum Gasteiger partial charge on any atom is -0.325 e. The van der Waals surface area contributed by atoms with Gasteiger partial charge in [-0.3, -0.25) is 14.5 Å². The lowest BCUT2D eigenvalue weighted by molar-refractivity contribution is -0.122. The molecule has 29 heavy (non-hydrogen) atoms. The molecule has 3 rings (SSSR count). The van der Waals surface area contributed by atoms with Crippen LogP contribution in [0.4, 0.5) is 5.69 Å². The highest BCUT2D eigenvalue weighted by atomic mass is 35.5. The second-order valence-electron chi connectivity index (χ2n) is 6.33. The summed E-state index contributed by atoms with van der Waals surface area (Å²) < 4.78 is 0.591. The second-order valence-corrected chi connectivity index (χ2v) is 9.83. The van der Waals surface area contributed by atoms with E-state index < -0.39 is 0 Å². The van der Waals surface area contributed by atoms with Crippen LogP contribution in [-0.2, 0) is 9.59 Å². The Morgan fingerprint density at radius 3 is 2.76 bits per heavy atom. The number of benzene rings is 1. The van der Waals surface area contributed by atoms with Crippen LogP contribution in [-0.4, -0.2) is 27.6 Å². The SMILES string of the molecule is O=C(CCCCCN1C(=O)/C(=C/c2cccs2)SC1=S)Nc1ccc(Cl)cc1Cl. The second kappa shape index (κ2) is 10.6. The number of thiophene rings is 1. The predicted molar refractivity (Wildman–Crippen MR) is 128 cm³/mol. The maximum absolute atomic E-state index is 12.5. The van der Waals surface area contributed by atoms with E-state index in [1.165, 1.54) is 11.8 Å². The van der Waals surface area contributed by atoms with Crippen LogP contribution in [0.15, 0.2) is 40.6 Å². The van der Waals surface area contributed by atoms with Gasteiger partial charge in [-0.15, -0.1) is 11.3 Å². The molecule has 0 atom stereocenters. The van der Waals surface area contributed by atoms with Gasteiger partial charge in [-0.05, 0) is 48.6 Å². The van der Waals surface area contributed by atoms with Gasteiger partial charge in [0.15, 0.2) is 0 Å². The van der Waals surface area contributed by atoms with Crippen molar-refractivity contribution in [2.75, 3.05) is 11.9 Å². The maximum atomic E-state index is 12.5. The summed E-state index contributed by atoms with van der Waals surface area (Å²) in [7, 11) is 0. The average molecular weight is 485 g/mol. The zero-order chi connectivity index (χ0) is 20.8. The van der Waals surface area contributed by atoms with Crippen molar-refractivity contribution in [2.45, 2.75) is 25.7 Å². The topological polar surface area (TPSA) is 49.4 Å². The van der Waals surface area contributed by atoms with E-state index in [1.807, 2.05) is 23.6 Å². The Balaban J connectivity index is 1.39. The van der Waals surface area contributed by atoms with Gasteiger partial charge in [0.1, 0.15) is 4.32 Å². The van der Waals surface area contributed by atoms with E-state index in [9.17, 15) is 9.59 Å². The third-order valence-corrected chi connectivity index (χ3v) is 6.93. The van der Waals surface area contributed by atoms with Crippen LogP contribution in [0.3, 0.4) is 0 Å². The Kier molecular flexibility index (Phi) is 8.15. The van der Waals surface area contributed by atoms with Gasteiger partial charge in [-0.2, -0.15) is 0 Å². The van der Waals surface area contributed by atoms with Crippen LogP contribution >= 0.6 is 58.5 Å². The Bertz CT molecular complexity index is 945. The summed E-state index contributed by atoms with van der Waals surface area (Å²) in [6.45, 7) is 0.567. The first kappa shape index (κ1) is 22.3. The van der Waals surface area contributed by atoms with Gasteiger partial charge in [0, 0.05) is 22.9 Å². The molecule has 0 saturated carbocycles. The van der Waals surface area contributed by atoms with Gasteiger partial charge < -0.3 is 5.32 Å². The number of thioether (sulfide) groups is 1. The van der Waals surface area contributed by atoms with Crippen LogP contribution in [0.1, 0.15) is 30.6 Å². The molecule has 1 N–H and O–H groups in total. The molecule has 152 valence electrons. The number of nitrogens with zero attached hydrogens (tertiary/aromatic N) is 1. The number of unbranched alkanes of at least 4 members (excludes halogenated alkanes) is 2. The lowest BCUT2D eigenvalue weighted by Crippen LogP contribution is -2.29. The molecule has 9 heteroatoms. The predicted octanol–water partition coefficient (Wildman–Crippen LogP) is 6.46. The number of halogens is 2. The molecular formula is C20H18Cl2N2O2S3. The fourth-order valence-electron chi connectivity index (χ4n) is 2.73. The first-order valence-electron chi connectivity index (χ1n) is 8.98. The van der Waals surface area contributed by atoms with Crippen LogP contribution in [0, 0.1) is 0 Å². The number of nitrogens with one attached hydrogen (secondary N) is 1. The smallest absolute Gasteiger partial charge is 0.266 e. The van der Waals surface area contributed by atoms with Crippen molar-refractivity contribution in [1.82, 2.24) is 4.90 Å². The molecule has 1 saturated heterocycles. The van der Waals surface area contributed by atoms with E-state index in [-0.39, 0.29) is 11.8 Å². The number of hydrogen-bond donors (Lipinski definition) is 1. The van der Waals surface area contributed by atoms with Crippen molar-refractivity contribution in [3.63, 3.8) is 0 Å². The molecule has 1 aliphatic rings. The van der Waals surface area contributed by atoms with Gasteiger partial charge in [0.25, 0.3) is 5.91 Å². The largest absolute Gasteiger partial charge is 0.325 e. The van der Waals surface area contributed by atoms with E-state index >= 15 is 0 Å². The van der Waals surface area contributed by atoms with Crippen LogP contribution in [0.25, 0.3) is 6.08 Å². The van der Waals surface area contributed by atoms with E-state index in [0.29, 0.717) is 37.9 Å². The van der Waals surface area contributed by atoms with Crippen LogP contribution < -0.4 is 5.32 Å². The molecule has 0 radical (unpaired) electrons. The molecule has 4 nitrogen and oxygen atoms in total. The Morgan fingerprint density at radius 2 is 2.03 bits per heavy atom. The van der Waals surface area contributed by atoms with Gasteiger partial charge in [-0.1, -0.05) is 59.7 Å². The molecule has 1 aromatic carbocycles. The van der Waals surface area contributed by atoms with E-state index in [4.69, 9.17) is 35.4 Å². The summed E-state index contributed by atoms with van der Waals surface area (Å²) in [5.41, 5.74) is 0.552. The summed E-state index contributed by atoms with van der Waals surface area (Å²) in [4.78, 5) is 28.0. The third-order valence-electron chi connectivity index (χ3n) is 4.18. The van der Waals surface area contributed by atoms with E-state index in [0.717, 1.165) is 24.1 Å². The van der Waals surface area contributed by atoms with Crippen LogP contribution in [0.5, 0.6) is 0 Å². The van der Waals surface area contributed by atoms with Crippen molar-refractivity contribution in [3.05, 3.63) is 55.5 Å². The number of carbonyl (C=O) groups excluding carboxylic acids is 2. The van der Waals surface area contributed by atoms with Gasteiger partial charge in [0.2, 0.25) is 5.91 Å². The Labute approximate surface area is 193 Å². The average Bonchev–Trinajstić information content (AvgIpc) is 3.27. The molecule has 2 amide bonds. The van der Waals surface area contributed by atoms with Gasteiger partial charge in [-0.25, -0.2) is 0 Å². The molecule has 0 aliphatic carbocycles. The number of thiocarbonyl (C=S) groups is 1. The minimum absolute atomic E-state index is 0.0384. The number of rotatable bonds is 8. The number of hydrogen-bond acceptors (Lipinski definition) is 5. The highest BCUT2D eigenvalue weighted by molar-refractivity contribution is 8.26. The minimum atomic E-state index is -0.0984. The molecular weight excluding hydrogens is 467 g/mol. The molecule has 2 heterocycles. The number of anilines is 1. The van der Waals surface area contributed by atoms with Gasteiger partial charge >= 0.3 is 0 Å². The fourth-order valence-corrected chi connectivity index (χ4v) is 5.22. The standard InChI is InChI=1S/C20H18Cl2N2O2S3/c21-13-7-8-16(15(22)11-13)23-18(25)6-2-1-3-9-24-19(26)17(29-20(24)27)12-14-5-4-10-28-14/h4-5,7-8,10-12H,1-3,6,9H2,(H,23,25)/b17-12-. The summed E-state index contributed by atoms with van der Waals surface area (Å²) in [6.07, 6.45) is 4.60. The molecule has 1 aliphatic heterocycles. The zero-order valence-electron chi connectivity index (χ0n) is 15.3. The quantitative estimate of drug-likeness (QED) is 0.265. The summed E-state index contributed by atoms with van der Waals surface area (Å²) in [6, 6.07) is 8.88. The number of amides is 2. The van der Waals surface area contributed by atoms with E-state index in [1.54, 1.807) is 34.4 Å². The molecule has 0 bridgehead atoms. The van der Waals surface area contributed by atoms with Crippen molar-refractivity contribution in [1.29, 1.82) is 0 Å². The lowest BCUT2D eigenvalue weighted by Gasteiger charge is -2.14. The highest BCUT2D eigenvalue weighted by Gasteiger charge is 2.31. The maximum Gasteiger partial charge on any atom is 0.266 e. The van der Waals surface area contributed by atoms with E-state index in [2.05, 4.69) is 5.32 Å². The number of carbonyl (C=O) groups is 2. The Morgan fingerprint density at radius 1 is 1.21 bits per heavy atom. The third kappa shape index (κ3) is 6.30. The molecule has 0 unspecified atom stereocenters. The summed E-state index contributed by atoms with van der Waals surface area (Å²) >= 11 is 20.2. The first-order valence-corrected chi connectivity index (χ1v) is 11.8. The van der Waals surface area contributed by atoms with Crippen molar-refractivity contribution in [2.24, 2.45) is 0 Å². The van der Waals surface area contributed by atoms with Crippen molar-refractivity contribution < 1.29 is 9.59 Å². The Hall–Kier alpha value is -1.38. The van der Waals surface area contributed by atoms with Crippen LogP contribution in [0.2, 0.25) is 10.0 Å². The molecule has 0 spiro atoms. The molecule has 2 aromatic rings. The highest BCUT2D eigenvalue weighted by Crippen LogP contribution is 2.33. The molecule has 1 fully saturated rings. The van der Waals surface area contributed by atoms with Crippen molar-refractivity contribution >= 4 is 86.4 Å².